The summed E-state index contributed by atoms with van der Waals surface area (Å²) in [6.07, 6.45) is 11.2. The van der Waals surface area contributed by atoms with E-state index in [-0.39, 0.29) is 16.4 Å². The third-order valence-electron chi connectivity index (χ3n) is 8.69. The van der Waals surface area contributed by atoms with Crippen molar-refractivity contribution in [1.82, 2.24) is 0 Å². The van der Waals surface area contributed by atoms with Gasteiger partial charge in [0.25, 0.3) is 0 Å². The number of hydrogen-bond donors (Lipinski definition) is 0. The molecule has 6 atom stereocenters. The van der Waals surface area contributed by atoms with Crippen LogP contribution in [0.1, 0.15) is 65.2 Å². The molecular weight excluding hydrogens is 312 g/mol. The second-order valence-corrected chi connectivity index (χ2v) is 9.68. The summed E-state index contributed by atoms with van der Waals surface area (Å²) in [5, 5.41) is 0. The van der Waals surface area contributed by atoms with E-state index in [1.807, 2.05) is 14.2 Å². The molecule has 0 N–H and O–H groups in total. The number of carbonyl (C=O) groups excluding carboxylic acids is 1. The topological polar surface area (TPSA) is 35.5 Å². The lowest BCUT2D eigenvalue weighted by Crippen LogP contribution is -2.54. The molecule has 0 heterocycles. The molecule has 4 aliphatic rings. The Labute approximate surface area is 152 Å². The number of fused-ring (bicyclic) bond motifs is 5. The van der Waals surface area contributed by atoms with Gasteiger partial charge in [0.15, 0.2) is 0 Å². The van der Waals surface area contributed by atoms with Gasteiger partial charge >= 0.3 is 0 Å². The van der Waals surface area contributed by atoms with E-state index in [2.05, 4.69) is 19.9 Å². The van der Waals surface area contributed by atoms with Crippen LogP contribution in [0.5, 0.6) is 0 Å². The van der Waals surface area contributed by atoms with Crippen LogP contribution in [0.25, 0.3) is 0 Å². The lowest BCUT2D eigenvalue weighted by Gasteiger charge is -2.59. The molecule has 3 heteroatoms. The first-order valence-electron chi connectivity index (χ1n) is 10.2. The van der Waals surface area contributed by atoms with Gasteiger partial charge in [-0.15, -0.1) is 0 Å². The van der Waals surface area contributed by atoms with Crippen molar-refractivity contribution in [1.29, 1.82) is 0 Å². The summed E-state index contributed by atoms with van der Waals surface area (Å²) in [5.74, 6) is 2.46. The van der Waals surface area contributed by atoms with Crippen LogP contribution in [0.15, 0.2) is 11.6 Å². The van der Waals surface area contributed by atoms with Gasteiger partial charge in [-0.3, -0.25) is 4.79 Å². The first-order valence-corrected chi connectivity index (χ1v) is 10.2. The lowest BCUT2D eigenvalue weighted by atomic mass is 9.47. The van der Waals surface area contributed by atoms with Crippen molar-refractivity contribution < 1.29 is 14.3 Å². The van der Waals surface area contributed by atoms with E-state index in [0.717, 1.165) is 51.6 Å². The minimum atomic E-state index is -0.0452. The van der Waals surface area contributed by atoms with Gasteiger partial charge in [0, 0.05) is 31.5 Å². The monoisotopic (exact) mass is 346 g/mol. The summed E-state index contributed by atoms with van der Waals surface area (Å²) in [4.78, 5) is 12.6. The third kappa shape index (κ3) is 2.41. The van der Waals surface area contributed by atoms with Gasteiger partial charge in [-0.25, -0.2) is 0 Å². The Morgan fingerprint density at radius 3 is 2.64 bits per heavy atom. The fourth-order valence-corrected chi connectivity index (χ4v) is 7.07. The Balaban J connectivity index is 1.70. The Morgan fingerprint density at radius 2 is 1.92 bits per heavy atom. The summed E-state index contributed by atoms with van der Waals surface area (Å²) in [6, 6.07) is 0. The Hall–Kier alpha value is -0.670. The number of allylic oxidation sites excluding steroid dienone is 1. The van der Waals surface area contributed by atoms with Crippen LogP contribution in [-0.2, 0) is 14.3 Å². The van der Waals surface area contributed by atoms with Crippen molar-refractivity contribution in [2.45, 2.75) is 70.8 Å². The van der Waals surface area contributed by atoms with Crippen molar-refractivity contribution >= 4 is 5.78 Å². The molecule has 4 rings (SSSR count). The highest BCUT2D eigenvalue weighted by molar-refractivity contribution is 5.87. The molecule has 0 amide bonds. The minimum Gasteiger partial charge on any atom is -0.384 e. The second kappa shape index (κ2) is 5.92. The first-order chi connectivity index (χ1) is 11.9. The lowest BCUT2D eigenvalue weighted by molar-refractivity contribution is -0.134. The van der Waals surface area contributed by atoms with E-state index in [0.29, 0.717) is 23.5 Å². The molecule has 3 saturated carbocycles. The van der Waals surface area contributed by atoms with E-state index in [4.69, 9.17) is 9.47 Å². The van der Waals surface area contributed by atoms with Crippen LogP contribution >= 0.6 is 0 Å². The van der Waals surface area contributed by atoms with Gasteiger partial charge in [0.2, 0.25) is 0 Å². The molecule has 3 nitrogen and oxygen atoms in total. The summed E-state index contributed by atoms with van der Waals surface area (Å²) in [6.45, 7) is 5.34. The number of hydrogen-bond acceptors (Lipinski definition) is 3. The Morgan fingerprint density at radius 1 is 1.12 bits per heavy atom. The summed E-state index contributed by atoms with van der Waals surface area (Å²) < 4.78 is 11.7. The fourth-order valence-electron chi connectivity index (χ4n) is 7.07. The van der Waals surface area contributed by atoms with E-state index in [9.17, 15) is 4.79 Å². The van der Waals surface area contributed by atoms with Crippen molar-refractivity contribution in [2.75, 3.05) is 20.8 Å². The zero-order chi connectivity index (χ0) is 17.9. The van der Waals surface area contributed by atoms with E-state index in [1.165, 1.54) is 6.42 Å². The molecule has 25 heavy (non-hydrogen) atoms. The van der Waals surface area contributed by atoms with E-state index in [1.54, 1.807) is 5.57 Å². The van der Waals surface area contributed by atoms with Crippen LogP contribution in [0.3, 0.4) is 0 Å². The average molecular weight is 347 g/mol. The molecule has 0 saturated heterocycles. The van der Waals surface area contributed by atoms with Gasteiger partial charge in [0.05, 0.1) is 12.2 Å². The van der Waals surface area contributed by atoms with E-state index < -0.39 is 0 Å². The second-order valence-electron chi connectivity index (χ2n) is 9.68. The highest BCUT2D eigenvalue weighted by Crippen LogP contribution is 2.65. The van der Waals surface area contributed by atoms with E-state index >= 15 is 0 Å². The normalized spacial score (nSPS) is 49.2. The highest BCUT2D eigenvalue weighted by Gasteiger charge is 2.60. The third-order valence-corrected chi connectivity index (χ3v) is 8.69. The minimum absolute atomic E-state index is 0.0254. The molecule has 0 aromatic heterocycles. The zero-order valence-corrected chi connectivity index (χ0v) is 16.4. The van der Waals surface area contributed by atoms with Gasteiger partial charge in [-0.2, -0.15) is 0 Å². The summed E-state index contributed by atoms with van der Waals surface area (Å²) in [7, 11) is 3.71. The van der Waals surface area contributed by atoms with Crippen LogP contribution in [-0.4, -0.2) is 32.2 Å². The predicted octanol–water partition coefficient (Wildman–Crippen LogP) is 4.55. The molecule has 0 bridgehead atoms. The Bertz CT molecular complexity index is 596. The maximum atomic E-state index is 12.6. The average Bonchev–Trinajstić information content (AvgIpc) is 2.91. The molecule has 0 spiro atoms. The number of Topliss-reactive ketones (excluding diaryl/α,β-unsaturated/α-hetero) is 1. The molecule has 0 radical (unpaired) electrons. The standard InChI is InChI=1S/C22H34O3/c1-20(25-4)11-12-22(14-24-3)15(13-20)5-6-16-17-7-8-19(23)21(17,2)10-9-18(16)22/h5,16-18H,6-14H2,1-4H3/t16?,17-,18?,20-,21?,22?/m0/s1. The molecule has 0 aromatic rings. The number of ketones is 1. The van der Waals surface area contributed by atoms with Crippen molar-refractivity contribution in [3.63, 3.8) is 0 Å². The van der Waals surface area contributed by atoms with Crippen molar-refractivity contribution in [2.24, 2.45) is 28.6 Å². The molecular formula is C22H34O3. The molecule has 0 aromatic carbocycles. The van der Waals surface area contributed by atoms with Crippen LogP contribution < -0.4 is 0 Å². The van der Waals surface area contributed by atoms with Crippen molar-refractivity contribution in [3.05, 3.63) is 11.6 Å². The predicted molar refractivity (Wildman–Crippen MR) is 98.3 cm³/mol. The maximum absolute atomic E-state index is 12.6. The molecule has 0 aliphatic heterocycles. The molecule has 4 unspecified atom stereocenters. The largest absolute Gasteiger partial charge is 0.384 e. The zero-order valence-electron chi connectivity index (χ0n) is 16.4. The highest BCUT2D eigenvalue weighted by atomic mass is 16.5. The number of methoxy groups -OCH3 is 2. The first kappa shape index (κ1) is 17.7. The van der Waals surface area contributed by atoms with Crippen LogP contribution in [0, 0.1) is 28.6 Å². The quantitative estimate of drug-likeness (QED) is 0.703. The number of ether oxygens (including phenoxy) is 2. The number of carbonyl (C=O) groups is 1. The van der Waals surface area contributed by atoms with Gasteiger partial charge in [-0.05, 0) is 69.6 Å². The smallest absolute Gasteiger partial charge is 0.139 e. The van der Waals surface area contributed by atoms with Gasteiger partial charge in [0.1, 0.15) is 5.78 Å². The van der Waals surface area contributed by atoms with Crippen molar-refractivity contribution in [3.8, 4) is 0 Å². The van der Waals surface area contributed by atoms with Crippen LogP contribution in [0.2, 0.25) is 0 Å². The SMILES string of the molecule is COCC12CC[C@](C)(OC)CC1=CCC1C2CCC2(C)C(=O)CC[C@@H]12. The number of rotatable bonds is 3. The Kier molecular flexibility index (Phi) is 4.20. The summed E-state index contributed by atoms with van der Waals surface area (Å²) >= 11 is 0. The maximum Gasteiger partial charge on any atom is 0.139 e. The molecule has 3 fully saturated rings. The van der Waals surface area contributed by atoms with Gasteiger partial charge < -0.3 is 9.47 Å². The molecule has 4 aliphatic carbocycles. The summed E-state index contributed by atoms with van der Waals surface area (Å²) in [5.41, 5.74) is 1.70. The van der Waals surface area contributed by atoms with Gasteiger partial charge in [-0.1, -0.05) is 18.6 Å². The fraction of sp³-hybridized carbons (Fsp3) is 0.864. The molecule has 140 valence electrons. The van der Waals surface area contributed by atoms with Crippen LogP contribution in [0.4, 0.5) is 0 Å².